The molecule has 0 saturated heterocycles. The summed E-state index contributed by atoms with van der Waals surface area (Å²) >= 11 is 0. The van der Waals surface area contributed by atoms with E-state index in [0.29, 0.717) is 17.7 Å². The van der Waals surface area contributed by atoms with Crippen LogP contribution in [0.3, 0.4) is 0 Å². The van der Waals surface area contributed by atoms with Gasteiger partial charge in [0.1, 0.15) is 0 Å². The Kier molecular flexibility index (Phi) is 5.58. The molecule has 0 spiro atoms. The molecule has 0 saturated carbocycles. The fourth-order valence-electron chi connectivity index (χ4n) is 3.87. The average molecular weight is 400 g/mol. The van der Waals surface area contributed by atoms with E-state index in [4.69, 9.17) is 9.72 Å². The van der Waals surface area contributed by atoms with E-state index in [-0.39, 0.29) is 0 Å². The quantitative estimate of drug-likeness (QED) is 0.377. The normalized spacial score (nSPS) is 11.6. The number of hydrogen-bond donors (Lipinski definition) is 0. The van der Waals surface area contributed by atoms with Gasteiger partial charge in [-0.05, 0) is 29.4 Å². The lowest BCUT2D eigenvalue weighted by Gasteiger charge is -2.10. The number of benzene rings is 2. The van der Waals surface area contributed by atoms with E-state index in [1.54, 1.807) is 13.3 Å². The first-order valence-electron chi connectivity index (χ1n) is 10.6. The molecule has 0 bridgehead atoms. The Hall–Kier alpha value is -3.14. The molecular formula is C26H29N3O. The SMILES string of the molecule is COc1nccn2c(-c3ccc(CC(C)C)cc3)c(-c3ccc(C(C)C)cc3)nc12. The van der Waals surface area contributed by atoms with Gasteiger partial charge in [0.05, 0.1) is 18.5 Å². The number of nitrogens with zero attached hydrogens (tertiary/aromatic N) is 3. The zero-order valence-corrected chi connectivity index (χ0v) is 18.4. The van der Waals surface area contributed by atoms with Crippen LogP contribution in [0, 0.1) is 5.92 Å². The molecule has 0 atom stereocenters. The summed E-state index contributed by atoms with van der Waals surface area (Å²) in [4.78, 5) is 9.30. The van der Waals surface area contributed by atoms with Gasteiger partial charge in [0.2, 0.25) is 5.65 Å². The second kappa shape index (κ2) is 8.31. The number of methoxy groups -OCH3 is 1. The Morgan fingerprint density at radius 3 is 2.17 bits per heavy atom. The number of fused-ring (bicyclic) bond motifs is 1. The van der Waals surface area contributed by atoms with Gasteiger partial charge in [-0.15, -0.1) is 0 Å². The third kappa shape index (κ3) is 3.82. The number of rotatable bonds is 6. The van der Waals surface area contributed by atoms with Gasteiger partial charge in [0, 0.05) is 23.5 Å². The summed E-state index contributed by atoms with van der Waals surface area (Å²) in [6.07, 6.45) is 4.79. The molecule has 2 aromatic heterocycles. The number of hydrogen-bond acceptors (Lipinski definition) is 3. The Bertz CT molecular complexity index is 1140. The molecule has 0 amide bonds. The lowest BCUT2D eigenvalue weighted by atomic mass is 9.98. The van der Waals surface area contributed by atoms with E-state index in [1.807, 2.05) is 6.20 Å². The van der Waals surface area contributed by atoms with Crippen LogP contribution in [0.15, 0.2) is 60.9 Å². The first-order valence-corrected chi connectivity index (χ1v) is 10.6. The largest absolute Gasteiger partial charge is 0.478 e. The van der Waals surface area contributed by atoms with Crippen LogP contribution in [-0.2, 0) is 6.42 Å². The molecule has 0 aliphatic rings. The molecule has 0 fully saturated rings. The van der Waals surface area contributed by atoms with E-state index in [2.05, 4.69) is 85.6 Å². The van der Waals surface area contributed by atoms with Gasteiger partial charge in [-0.3, -0.25) is 4.40 Å². The van der Waals surface area contributed by atoms with Gasteiger partial charge in [-0.2, -0.15) is 0 Å². The Labute approximate surface area is 178 Å². The van der Waals surface area contributed by atoms with Crippen molar-refractivity contribution in [3.8, 4) is 28.4 Å². The molecule has 4 aromatic rings. The molecule has 2 heterocycles. The van der Waals surface area contributed by atoms with Crippen molar-refractivity contribution in [1.29, 1.82) is 0 Å². The van der Waals surface area contributed by atoms with Crippen molar-refractivity contribution >= 4 is 5.65 Å². The third-order valence-electron chi connectivity index (χ3n) is 5.43. The van der Waals surface area contributed by atoms with Crippen LogP contribution < -0.4 is 4.74 Å². The molecule has 30 heavy (non-hydrogen) atoms. The zero-order chi connectivity index (χ0) is 21.3. The van der Waals surface area contributed by atoms with Crippen LogP contribution in [0.25, 0.3) is 28.2 Å². The standard InChI is InChI=1S/C26H29N3O/c1-17(2)16-19-6-8-22(9-7-19)24-23(21-12-10-20(11-13-21)18(3)4)28-25-26(30-5)27-14-15-29(24)25/h6-15,17-18H,16H2,1-5H3. The summed E-state index contributed by atoms with van der Waals surface area (Å²) in [5.74, 6) is 1.66. The minimum Gasteiger partial charge on any atom is -0.478 e. The molecule has 4 rings (SSSR count). The maximum atomic E-state index is 5.49. The fourth-order valence-corrected chi connectivity index (χ4v) is 3.87. The summed E-state index contributed by atoms with van der Waals surface area (Å²) in [6.45, 7) is 8.91. The molecule has 0 radical (unpaired) electrons. The second-order valence-corrected chi connectivity index (χ2v) is 8.51. The van der Waals surface area contributed by atoms with Crippen molar-refractivity contribution in [3.05, 3.63) is 72.1 Å². The van der Waals surface area contributed by atoms with Crippen LogP contribution in [0.5, 0.6) is 5.88 Å². The van der Waals surface area contributed by atoms with E-state index < -0.39 is 0 Å². The van der Waals surface area contributed by atoms with Crippen LogP contribution in [0.2, 0.25) is 0 Å². The molecule has 4 nitrogen and oxygen atoms in total. The highest BCUT2D eigenvalue weighted by Gasteiger charge is 2.19. The van der Waals surface area contributed by atoms with Crippen LogP contribution in [-0.4, -0.2) is 21.5 Å². The molecule has 2 aromatic carbocycles. The van der Waals surface area contributed by atoms with E-state index in [0.717, 1.165) is 34.6 Å². The summed E-state index contributed by atoms with van der Waals surface area (Å²) in [6, 6.07) is 17.5. The molecular weight excluding hydrogens is 370 g/mol. The molecule has 0 N–H and O–H groups in total. The van der Waals surface area contributed by atoms with Crippen molar-refractivity contribution < 1.29 is 4.74 Å². The molecule has 154 valence electrons. The van der Waals surface area contributed by atoms with Crippen molar-refractivity contribution in [2.75, 3.05) is 7.11 Å². The first-order chi connectivity index (χ1) is 14.5. The second-order valence-electron chi connectivity index (χ2n) is 8.51. The topological polar surface area (TPSA) is 39.4 Å². The Balaban J connectivity index is 1.89. The third-order valence-corrected chi connectivity index (χ3v) is 5.43. The van der Waals surface area contributed by atoms with E-state index in [9.17, 15) is 0 Å². The van der Waals surface area contributed by atoms with Gasteiger partial charge in [0.25, 0.3) is 5.88 Å². The summed E-state index contributed by atoms with van der Waals surface area (Å²) in [5.41, 5.74) is 7.61. The maximum Gasteiger partial charge on any atom is 0.258 e. The number of imidazole rings is 1. The monoisotopic (exact) mass is 399 g/mol. The van der Waals surface area contributed by atoms with Crippen LogP contribution in [0.4, 0.5) is 0 Å². The highest BCUT2D eigenvalue weighted by atomic mass is 16.5. The van der Waals surface area contributed by atoms with Crippen molar-refractivity contribution in [3.63, 3.8) is 0 Å². The van der Waals surface area contributed by atoms with E-state index in [1.165, 1.54) is 11.1 Å². The lowest BCUT2D eigenvalue weighted by molar-refractivity contribution is 0.400. The summed E-state index contributed by atoms with van der Waals surface area (Å²) in [5, 5.41) is 0. The first kappa shape index (κ1) is 20.1. The minimum absolute atomic E-state index is 0.498. The predicted molar refractivity (Wildman–Crippen MR) is 123 cm³/mol. The van der Waals surface area contributed by atoms with Crippen molar-refractivity contribution in [2.24, 2.45) is 5.92 Å². The van der Waals surface area contributed by atoms with Gasteiger partial charge in [0.15, 0.2) is 0 Å². The van der Waals surface area contributed by atoms with Gasteiger partial charge < -0.3 is 4.74 Å². The van der Waals surface area contributed by atoms with E-state index >= 15 is 0 Å². The number of aromatic nitrogens is 3. The van der Waals surface area contributed by atoms with Crippen LogP contribution >= 0.6 is 0 Å². The number of ether oxygens (including phenoxy) is 1. The lowest BCUT2D eigenvalue weighted by Crippen LogP contribution is -1.96. The average Bonchev–Trinajstić information content (AvgIpc) is 3.13. The summed E-state index contributed by atoms with van der Waals surface area (Å²) < 4.78 is 7.56. The van der Waals surface area contributed by atoms with Crippen LogP contribution in [0.1, 0.15) is 44.7 Å². The van der Waals surface area contributed by atoms with Gasteiger partial charge in [-0.25, -0.2) is 9.97 Å². The van der Waals surface area contributed by atoms with Crippen molar-refractivity contribution in [2.45, 2.75) is 40.0 Å². The van der Waals surface area contributed by atoms with Gasteiger partial charge in [-0.1, -0.05) is 76.2 Å². The minimum atomic E-state index is 0.498. The fraction of sp³-hybridized carbons (Fsp3) is 0.308. The maximum absolute atomic E-state index is 5.49. The molecule has 4 heteroatoms. The predicted octanol–water partition coefficient (Wildman–Crippen LogP) is 6.39. The Morgan fingerprint density at radius 2 is 1.57 bits per heavy atom. The Morgan fingerprint density at radius 1 is 0.900 bits per heavy atom. The highest BCUT2D eigenvalue weighted by molar-refractivity contribution is 5.83. The zero-order valence-electron chi connectivity index (χ0n) is 18.4. The molecule has 0 aliphatic heterocycles. The molecule has 0 unspecified atom stereocenters. The van der Waals surface area contributed by atoms with Crippen molar-refractivity contribution in [1.82, 2.24) is 14.4 Å². The highest BCUT2D eigenvalue weighted by Crippen LogP contribution is 2.35. The summed E-state index contributed by atoms with van der Waals surface area (Å²) in [7, 11) is 1.63. The van der Waals surface area contributed by atoms with Gasteiger partial charge >= 0.3 is 0 Å². The molecule has 0 aliphatic carbocycles. The smallest absolute Gasteiger partial charge is 0.258 e.